The van der Waals surface area contributed by atoms with Crippen LogP contribution in [0.4, 0.5) is 0 Å². The van der Waals surface area contributed by atoms with E-state index in [1.165, 1.54) is 5.56 Å². The zero-order valence-corrected chi connectivity index (χ0v) is 20.6. The molecule has 0 saturated carbocycles. The molecule has 6 nitrogen and oxygen atoms in total. The molecule has 0 aromatic heterocycles. The van der Waals surface area contributed by atoms with Gasteiger partial charge in [0.15, 0.2) is 0 Å². The molecule has 2 aromatic carbocycles. The van der Waals surface area contributed by atoms with Gasteiger partial charge in [0.1, 0.15) is 0 Å². The maximum absolute atomic E-state index is 13.2. The van der Waals surface area contributed by atoms with Gasteiger partial charge in [0.05, 0.1) is 4.90 Å². The van der Waals surface area contributed by atoms with Crippen molar-refractivity contribution in [1.82, 2.24) is 14.1 Å². The SMILES string of the molecule is Cc1ccc(S(=O)(=O)N2CCC(C(=O)N3CCCN(Cc4ccccc4)CC3)CC2)c(C)c1. The Labute approximate surface area is 198 Å². The Morgan fingerprint density at radius 2 is 1.64 bits per heavy atom. The smallest absolute Gasteiger partial charge is 0.243 e. The number of carbonyl (C=O) groups excluding carboxylic acids is 1. The van der Waals surface area contributed by atoms with Crippen molar-refractivity contribution in [1.29, 1.82) is 0 Å². The van der Waals surface area contributed by atoms with Crippen molar-refractivity contribution in [3.63, 3.8) is 0 Å². The summed E-state index contributed by atoms with van der Waals surface area (Å²) in [5, 5.41) is 0. The summed E-state index contributed by atoms with van der Waals surface area (Å²) in [6, 6.07) is 15.9. The van der Waals surface area contributed by atoms with E-state index < -0.39 is 10.0 Å². The molecule has 4 rings (SSSR count). The molecule has 2 aliphatic rings. The molecule has 0 atom stereocenters. The third kappa shape index (κ3) is 5.65. The van der Waals surface area contributed by atoms with Gasteiger partial charge < -0.3 is 4.90 Å². The zero-order chi connectivity index (χ0) is 23.4. The minimum absolute atomic E-state index is 0.0868. The van der Waals surface area contributed by atoms with Gasteiger partial charge in [0, 0.05) is 51.7 Å². The first kappa shape index (κ1) is 23.9. The second-order valence-corrected chi connectivity index (χ2v) is 11.3. The van der Waals surface area contributed by atoms with Crippen molar-refractivity contribution in [2.24, 2.45) is 5.92 Å². The van der Waals surface area contributed by atoms with E-state index in [0.29, 0.717) is 30.8 Å². The average Bonchev–Trinajstić information content (AvgIpc) is 3.05. The first-order valence-corrected chi connectivity index (χ1v) is 13.4. The lowest BCUT2D eigenvalue weighted by atomic mass is 9.96. The van der Waals surface area contributed by atoms with E-state index >= 15 is 0 Å². The molecule has 178 valence electrons. The summed E-state index contributed by atoms with van der Waals surface area (Å²) >= 11 is 0. The van der Waals surface area contributed by atoms with Crippen LogP contribution < -0.4 is 0 Å². The number of aryl methyl sites for hydroxylation is 2. The predicted molar refractivity (Wildman–Crippen MR) is 130 cm³/mol. The number of sulfonamides is 1. The Balaban J connectivity index is 1.32. The summed E-state index contributed by atoms with van der Waals surface area (Å²) in [5.41, 5.74) is 3.13. The number of benzene rings is 2. The van der Waals surface area contributed by atoms with Gasteiger partial charge in [-0.2, -0.15) is 4.31 Å². The number of rotatable bonds is 5. The molecule has 7 heteroatoms. The molecule has 2 aliphatic heterocycles. The quantitative estimate of drug-likeness (QED) is 0.673. The van der Waals surface area contributed by atoms with Gasteiger partial charge >= 0.3 is 0 Å². The van der Waals surface area contributed by atoms with Crippen molar-refractivity contribution >= 4 is 15.9 Å². The molecule has 2 aromatic rings. The van der Waals surface area contributed by atoms with Gasteiger partial charge in [-0.15, -0.1) is 0 Å². The largest absolute Gasteiger partial charge is 0.341 e. The lowest BCUT2D eigenvalue weighted by Gasteiger charge is -2.33. The number of amides is 1. The molecule has 2 heterocycles. The molecule has 2 fully saturated rings. The molecular weight excluding hydrogens is 434 g/mol. The summed E-state index contributed by atoms with van der Waals surface area (Å²) in [5.74, 6) is 0.108. The topological polar surface area (TPSA) is 60.9 Å². The maximum Gasteiger partial charge on any atom is 0.243 e. The van der Waals surface area contributed by atoms with Crippen molar-refractivity contribution in [3.05, 3.63) is 65.2 Å². The number of carbonyl (C=O) groups is 1. The van der Waals surface area contributed by atoms with Crippen molar-refractivity contribution < 1.29 is 13.2 Å². The highest BCUT2D eigenvalue weighted by Crippen LogP contribution is 2.27. The average molecular weight is 470 g/mol. The molecule has 0 bridgehead atoms. The number of hydrogen-bond donors (Lipinski definition) is 0. The summed E-state index contributed by atoms with van der Waals surface area (Å²) in [7, 11) is -3.52. The summed E-state index contributed by atoms with van der Waals surface area (Å²) < 4.78 is 27.9. The number of nitrogens with zero attached hydrogens (tertiary/aromatic N) is 3. The molecular formula is C26H35N3O3S. The predicted octanol–water partition coefficient (Wildman–Crippen LogP) is 3.44. The highest BCUT2D eigenvalue weighted by Gasteiger charge is 2.34. The molecule has 2 saturated heterocycles. The zero-order valence-electron chi connectivity index (χ0n) is 19.7. The Bertz CT molecular complexity index is 1060. The Hall–Kier alpha value is -2.22. The highest BCUT2D eigenvalue weighted by atomic mass is 32.2. The summed E-state index contributed by atoms with van der Waals surface area (Å²) in [4.78, 5) is 18.0. The van der Waals surface area contributed by atoms with Crippen LogP contribution in [0.15, 0.2) is 53.4 Å². The van der Waals surface area contributed by atoms with Crippen LogP contribution >= 0.6 is 0 Å². The summed E-state index contributed by atoms with van der Waals surface area (Å²) in [6.07, 6.45) is 2.15. The Kier molecular flexibility index (Phi) is 7.51. The molecule has 1 amide bonds. The van der Waals surface area contributed by atoms with Crippen LogP contribution in [0.2, 0.25) is 0 Å². The normalized spacial score (nSPS) is 19.4. The fraction of sp³-hybridized carbons (Fsp3) is 0.500. The fourth-order valence-corrected chi connectivity index (χ4v) is 6.70. The van der Waals surface area contributed by atoms with Gasteiger partial charge in [-0.05, 0) is 50.3 Å². The van der Waals surface area contributed by atoms with Gasteiger partial charge in [0.25, 0.3) is 0 Å². The summed E-state index contributed by atoms with van der Waals surface area (Å²) in [6.45, 7) is 8.92. The van der Waals surface area contributed by atoms with E-state index in [1.54, 1.807) is 10.4 Å². The van der Waals surface area contributed by atoms with Gasteiger partial charge in [-0.1, -0.05) is 48.0 Å². The van der Waals surface area contributed by atoms with Gasteiger partial charge in [-0.3, -0.25) is 9.69 Å². The molecule has 0 radical (unpaired) electrons. The van der Waals surface area contributed by atoms with Crippen molar-refractivity contribution in [2.75, 3.05) is 39.3 Å². The molecule has 0 unspecified atom stereocenters. The van der Waals surface area contributed by atoms with Crippen LogP contribution in [0, 0.1) is 19.8 Å². The third-order valence-corrected chi connectivity index (χ3v) is 8.96. The molecule has 0 aliphatic carbocycles. The van der Waals surface area contributed by atoms with Crippen LogP contribution in [0.3, 0.4) is 0 Å². The lowest BCUT2D eigenvalue weighted by Crippen LogP contribution is -2.45. The maximum atomic E-state index is 13.2. The van der Waals surface area contributed by atoms with E-state index in [2.05, 4.69) is 29.2 Å². The monoisotopic (exact) mass is 469 g/mol. The Morgan fingerprint density at radius 3 is 2.33 bits per heavy atom. The first-order valence-electron chi connectivity index (χ1n) is 12.0. The highest BCUT2D eigenvalue weighted by molar-refractivity contribution is 7.89. The van der Waals surface area contributed by atoms with Crippen molar-refractivity contribution in [3.8, 4) is 0 Å². The second kappa shape index (κ2) is 10.4. The minimum atomic E-state index is -3.52. The van der Waals surface area contributed by atoms with Crippen LogP contribution in [-0.4, -0.2) is 67.7 Å². The molecule has 33 heavy (non-hydrogen) atoms. The second-order valence-electron chi connectivity index (χ2n) is 9.39. The third-order valence-electron chi connectivity index (χ3n) is 6.90. The number of hydrogen-bond acceptors (Lipinski definition) is 4. The van der Waals surface area contributed by atoms with Gasteiger partial charge in [-0.25, -0.2) is 8.42 Å². The van der Waals surface area contributed by atoms with E-state index in [4.69, 9.17) is 0 Å². The van der Waals surface area contributed by atoms with E-state index in [1.807, 2.05) is 36.9 Å². The molecule has 0 spiro atoms. The van der Waals surface area contributed by atoms with Crippen LogP contribution in [0.5, 0.6) is 0 Å². The van der Waals surface area contributed by atoms with Crippen LogP contribution in [0.25, 0.3) is 0 Å². The van der Waals surface area contributed by atoms with E-state index in [0.717, 1.165) is 50.3 Å². The van der Waals surface area contributed by atoms with Gasteiger partial charge in [0.2, 0.25) is 15.9 Å². The standard InChI is InChI=1S/C26H35N3O3S/c1-21-9-10-25(22(2)19-21)33(31,32)29-15-11-24(12-16-29)26(30)28-14-6-13-27(17-18-28)20-23-7-4-3-5-8-23/h3-5,7-10,19,24H,6,11-18,20H2,1-2H3. The van der Waals surface area contributed by atoms with Crippen molar-refractivity contribution in [2.45, 2.75) is 44.6 Å². The van der Waals surface area contributed by atoms with E-state index in [9.17, 15) is 13.2 Å². The first-order chi connectivity index (χ1) is 15.8. The van der Waals surface area contributed by atoms with Crippen LogP contribution in [0.1, 0.15) is 36.0 Å². The fourth-order valence-electron chi connectivity index (χ4n) is 5.02. The minimum Gasteiger partial charge on any atom is -0.341 e. The Morgan fingerprint density at radius 1 is 0.909 bits per heavy atom. The number of piperidine rings is 1. The lowest BCUT2D eigenvalue weighted by molar-refractivity contribution is -0.136. The van der Waals surface area contributed by atoms with Crippen LogP contribution in [-0.2, 0) is 21.4 Å². The van der Waals surface area contributed by atoms with E-state index in [-0.39, 0.29) is 11.8 Å². The molecule has 0 N–H and O–H groups in total.